The van der Waals surface area contributed by atoms with Crippen LogP contribution in [0.15, 0.2) is 42.5 Å². The number of likely N-dealkylation sites (N-methyl/N-ethyl adjacent to an activating group) is 1. The van der Waals surface area contributed by atoms with Crippen LogP contribution in [0, 0.1) is 13.8 Å². The minimum Gasteiger partial charge on any atom is -0.497 e. The summed E-state index contributed by atoms with van der Waals surface area (Å²) >= 11 is 0. The van der Waals surface area contributed by atoms with E-state index >= 15 is 0 Å². The molecule has 0 bridgehead atoms. The van der Waals surface area contributed by atoms with Crippen LogP contribution in [0.5, 0.6) is 5.75 Å². The van der Waals surface area contributed by atoms with Crippen molar-refractivity contribution in [3.63, 3.8) is 0 Å². The van der Waals surface area contributed by atoms with E-state index in [1.54, 1.807) is 51.3 Å². The van der Waals surface area contributed by atoms with Crippen molar-refractivity contribution in [3.8, 4) is 5.75 Å². The Labute approximate surface area is 202 Å². The average Bonchev–Trinajstić information content (AvgIpc) is 2.81. The molecule has 1 N–H and O–H groups in total. The first-order chi connectivity index (χ1) is 15.9. The fourth-order valence-electron chi connectivity index (χ4n) is 3.41. The fourth-order valence-corrected chi connectivity index (χ4v) is 4.52. The fraction of sp³-hybridized carbons (Fsp3) is 0.417. The van der Waals surface area contributed by atoms with Crippen molar-refractivity contribution >= 4 is 27.7 Å². The van der Waals surface area contributed by atoms with Crippen LogP contribution in [-0.4, -0.2) is 70.3 Å². The van der Waals surface area contributed by atoms with E-state index in [2.05, 4.69) is 5.32 Å². The summed E-state index contributed by atoms with van der Waals surface area (Å²) in [7, 11) is 1.90. The predicted molar refractivity (Wildman–Crippen MR) is 133 cm³/mol. The van der Waals surface area contributed by atoms with Crippen molar-refractivity contribution in [2.24, 2.45) is 0 Å². The lowest BCUT2D eigenvalue weighted by atomic mass is 10.1. The van der Waals surface area contributed by atoms with E-state index in [9.17, 15) is 18.0 Å². The molecule has 0 heterocycles. The molecule has 0 radical (unpaired) electrons. The molecule has 2 rings (SSSR count). The molecule has 0 fully saturated rings. The Morgan fingerprint density at radius 3 is 2.21 bits per heavy atom. The van der Waals surface area contributed by atoms with Gasteiger partial charge in [0, 0.05) is 27.7 Å². The maximum atomic E-state index is 13.6. The number of aryl methyl sites for hydroxylation is 2. The van der Waals surface area contributed by atoms with Crippen LogP contribution in [0.3, 0.4) is 0 Å². The minimum atomic E-state index is -3.99. The van der Waals surface area contributed by atoms with Crippen LogP contribution in [0.1, 0.15) is 23.6 Å². The van der Waals surface area contributed by atoms with Crippen molar-refractivity contribution in [1.29, 1.82) is 0 Å². The largest absolute Gasteiger partial charge is 0.497 e. The van der Waals surface area contributed by atoms with Gasteiger partial charge in [-0.2, -0.15) is 12.7 Å². The summed E-state index contributed by atoms with van der Waals surface area (Å²) < 4.78 is 33.8. The number of ether oxygens (including phenoxy) is 1. The second-order valence-electron chi connectivity index (χ2n) is 8.25. The summed E-state index contributed by atoms with van der Waals surface area (Å²) in [4.78, 5) is 27.4. The third-order valence-electron chi connectivity index (χ3n) is 5.58. The van der Waals surface area contributed by atoms with Crippen molar-refractivity contribution in [3.05, 3.63) is 59.2 Å². The van der Waals surface area contributed by atoms with Gasteiger partial charge in [-0.1, -0.05) is 24.3 Å². The molecule has 2 aromatic carbocycles. The molecular weight excluding hydrogens is 456 g/mol. The second kappa shape index (κ2) is 11.3. The predicted octanol–water partition coefficient (Wildman–Crippen LogP) is 2.09. The van der Waals surface area contributed by atoms with Crippen molar-refractivity contribution in [2.75, 3.05) is 39.1 Å². The van der Waals surface area contributed by atoms with Crippen LogP contribution in [0.25, 0.3) is 0 Å². The highest BCUT2D eigenvalue weighted by molar-refractivity contribution is 7.90. The Morgan fingerprint density at radius 2 is 1.68 bits per heavy atom. The number of carbonyl (C=O) groups excluding carboxylic acids is 2. The molecule has 0 aliphatic carbocycles. The number of methoxy groups -OCH3 is 1. The molecule has 9 nitrogen and oxygen atoms in total. The quantitative estimate of drug-likeness (QED) is 0.550. The summed E-state index contributed by atoms with van der Waals surface area (Å²) in [6.07, 6.45) is 0. The molecule has 0 aliphatic heterocycles. The Balaban J connectivity index is 2.48. The first-order valence-electron chi connectivity index (χ1n) is 10.8. The number of nitrogens with one attached hydrogen (secondary N) is 1. The molecule has 0 aromatic heterocycles. The Hall–Kier alpha value is -3.11. The van der Waals surface area contributed by atoms with Crippen LogP contribution in [-0.2, 0) is 26.3 Å². The van der Waals surface area contributed by atoms with Gasteiger partial charge < -0.3 is 15.0 Å². The number of amides is 2. The number of anilines is 1. The van der Waals surface area contributed by atoms with Gasteiger partial charge in [-0.25, -0.2) is 4.31 Å². The van der Waals surface area contributed by atoms with Gasteiger partial charge in [0.05, 0.1) is 12.8 Å². The van der Waals surface area contributed by atoms with E-state index in [4.69, 9.17) is 4.74 Å². The maximum absolute atomic E-state index is 13.6. The molecule has 10 heteroatoms. The molecular formula is C24H34N4O5S. The van der Waals surface area contributed by atoms with E-state index in [0.717, 1.165) is 19.7 Å². The lowest BCUT2D eigenvalue weighted by Gasteiger charge is -2.33. The van der Waals surface area contributed by atoms with Gasteiger partial charge in [-0.15, -0.1) is 0 Å². The third-order valence-corrected chi connectivity index (χ3v) is 7.38. The zero-order chi connectivity index (χ0) is 25.6. The van der Waals surface area contributed by atoms with Gasteiger partial charge in [0.25, 0.3) is 0 Å². The molecule has 186 valence electrons. The van der Waals surface area contributed by atoms with E-state index in [1.807, 2.05) is 19.1 Å². The van der Waals surface area contributed by atoms with Gasteiger partial charge in [0.1, 0.15) is 18.3 Å². The summed E-state index contributed by atoms with van der Waals surface area (Å²) in [5, 5.41) is 2.56. The second-order valence-corrected chi connectivity index (χ2v) is 10.3. The van der Waals surface area contributed by atoms with Crippen molar-refractivity contribution in [1.82, 2.24) is 14.5 Å². The van der Waals surface area contributed by atoms with E-state index in [1.165, 1.54) is 26.0 Å². The zero-order valence-electron chi connectivity index (χ0n) is 20.8. The monoisotopic (exact) mass is 490 g/mol. The summed E-state index contributed by atoms with van der Waals surface area (Å²) in [6, 6.07) is 11.7. The highest BCUT2D eigenvalue weighted by Gasteiger charge is 2.33. The Morgan fingerprint density at radius 1 is 1.06 bits per heavy atom. The first kappa shape index (κ1) is 27.1. The van der Waals surface area contributed by atoms with Crippen LogP contribution in [0.2, 0.25) is 0 Å². The van der Waals surface area contributed by atoms with Crippen LogP contribution < -0.4 is 14.4 Å². The van der Waals surface area contributed by atoms with Crippen molar-refractivity contribution < 1.29 is 22.7 Å². The molecule has 2 aromatic rings. The zero-order valence-corrected chi connectivity index (χ0v) is 21.6. The molecule has 0 aliphatic rings. The first-order valence-corrected chi connectivity index (χ1v) is 12.2. The smallest absolute Gasteiger partial charge is 0.304 e. The summed E-state index contributed by atoms with van der Waals surface area (Å²) in [5.41, 5.74) is 2.77. The highest BCUT2D eigenvalue weighted by Crippen LogP contribution is 2.26. The Bertz CT molecular complexity index is 1120. The van der Waals surface area contributed by atoms with Crippen LogP contribution in [0.4, 0.5) is 5.69 Å². The lowest BCUT2D eigenvalue weighted by molar-refractivity contribution is -0.139. The van der Waals surface area contributed by atoms with Crippen molar-refractivity contribution in [2.45, 2.75) is 33.4 Å². The molecule has 34 heavy (non-hydrogen) atoms. The maximum Gasteiger partial charge on any atom is 0.304 e. The number of hydrogen-bond acceptors (Lipinski definition) is 5. The summed E-state index contributed by atoms with van der Waals surface area (Å²) in [5.74, 6) is -0.187. The van der Waals surface area contributed by atoms with Gasteiger partial charge in [0.2, 0.25) is 11.8 Å². The van der Waals surface area contributed by atoms with E-state index in [-0.39, 0.29) is 12.5 Å². The third kappa shape index (κ3) is 6.27. The molecule has 1 atom stereocenters. The van der Waals surface area contributed by atoms with E-state index in [0.29, 0.717) is 17.0 Å². The highest BCUT2D eigenvalue weighted by atomic mass is 32.2. The number of benzene rings is 2. The summed E-state index contributed by atoms with van der Waals surface area (Å²) in [6.45, 7) is 4.93. The molecule has 0 spiro atoms. The lowest BCUT2D eigenvalue weighted by Crippen LogP contribution is -2.52. The minimum absolute atomic E-state index is 0.125. The van der Waals surface area contributed by atoms with Crippen LogP contribution >= 0.6 is 0 Å². The standard InChI is InChI=1S/C24H34N4O5S/c1-17-8-9-18(2)22(14-17)28(34(31,32)26(5)6)16-23(29)27(19(3)24(30)25-4)15-20-10-12-21(33-7)13-11-20/h8-14,19H,15-16H2,1-7H3,(H,25,30)/t19-/m0/s1. The number of nitrogens with zero attached hydrogens (tertiary/aromatic N) is 3. The molecule has 0 saturated carbocycles. The molecule has 2 amide bonds. The van der Waals surface area contributed by atoms with Gasteiger partial charge >= 0.3 is 10.2 Å². The molecule has 0 saturated heterocycles. The normalized spacial score (nSPS) is 12.2. The SMILES string of the molecule is CNC(=O)[C@H](C)N(Cc1ccc(OC)cc1)C(=O)CN(c1cc(C)ccc1C)S(=O)(=O)N(C)C. The Kier molecular flexibility index (Phi) is 9.06. The average molecular weight is 491 g/mol. The number of carbonyl (C=O) groups is 2. The van der Waals surface area contributed by atoms with Gasteiger partial charge in [0.15, 0.2) is 0 Å². The van der Waals surface area contributed by atoms with Gasteiger partial charge in [-0.3, -0.25) is 9.59 Å². The van der Waals surface area contributed by atoms with E-state index < -0.39 is 28.7 Å². The van der Waals surface area contributed by atoms with Gasteiger partial charge in [-0.05, 0) is 55.7 Å². The molecule has 0 unspecified atom stereocenters. The number of hydrogen-bond donors (Lipinski definition) is 1. The number of rotatable bonds is 10. The topological polar surface area (TPSA) is 99.3 Å².